The monoisotopic (exact) mass is 429 g/mol. The van der Waals surface area contributed by atoms with Crippen molar-refractivity contribution in [1.29, 1.82) is 0 Å². The molecule has 2 atom stereocenters. The molecule has 8 nitrogen and oxygen atoms in total. The number of carbonyl (C=O) groups excluding carboxylic acids is 3. The van der Waals surface area contributed by atoms with Gasteiger partial charge in [-0.15, -0.1) is 11.3 Å². The zero-order valence-corrected chi connectivity index (χ0v) is 17.9. The zero-order chi connectivity index (χ0) is 21.7. The van der Waals surface area contributed by atoms with E-state index in [4.69, 9.17) is 5.73 Å². The Hall–Kier alpha value is -2.94. The number of thiophene rings is 1. The van der Waals surface area contributed by atoms with Gasteiger partial charge in [-0.2, -0.15) is 0 Å². The van der Waals surface area contributed by atoms with Crippen molar-refractivity contribution in [2.75, 3.05) is 23.3 Å². The Balaban J connectivity index is 1.62. The number of nitrogens with two attached hydrogens (primary N) is 1. The van der Waals surface area contributed by atoms with E-state index < -0.39 is 6.04 Å². The predicted molar refractivity (Wildman–Crippen MR) is 117 cm³/mol. The first-order valence-electron chi connectivity index (χ1n) is 10.0. The highest BCUT2D eigenvalue weighted by Gasteiger charge is 2.26. The van der Waals surface area contributed by atoms with Crippen LogP contribution in [0.4, 0.5) is 11.5 Å². The predicted octanol–water partition coefficient (Wildman–Crippen LogP) is 2.24. The third kappa shape index (κ3) is 5.35. The number of carbonyl (C=O) groups is 3. The first-order valence-corrected chi connectivity index (χ1v) is 10.9. The lowest BCUT2D eigenvalue weighted by Gasteiger charge is -2.32. The van der Waals surface area contributed by atoms with Gasteiger partial charge in [0.25, 0.3) is 5.91 Å². The molecule has 2 aromatic heterocycles. The molecular formula is C21H27N5O3S. The van der Waals surface area contributed by atoms with Crippen molar-refractivity contribution in [1.82, 2.24) is 10.3 Å². The molecule has 2 aromatic rings. The average Bonchev–Trinajstić information content (AvgIpc) is 3.27. The number of piperidine rings is 1. The molecule has 3 heterocycles. The quantitative estimate of drug-likeness (QED) is 0.624. The van der Waals surface area contributed by atoms with Crippen LogP contribution in [0.1, 0.15) is 36.4 Å². The highest BCUT2D eigenvalue weighted by Crippen LogP contribution is 2.22. The Labute approximate surface area is 179 Å². The Bertz CT molecular complexity index is 883. The number of anilines is 2. The van der Waals surface area contributed by atoms with E-state index in [-0.39, 0.29) is 29.6 Å². The normalized spacial score (nSPS) is 17.4. The van der Waals surface area contributed by atoms with Gasteiger partial charge < -0.3 is 21.3 Å². The maximum atomic E-state index is 12.8. The second-order valence-electron chi connectivity index (χ2n) is 7.75. The molecule has 0 aromatic carbocycles. The topological polar surface area (TPSA) is 117 Å². The highest BCUT2D eigenvalue weighted by atomic mass is 32.1. The van der Waals surface area contributed by atoms with Crippen LogP contribution in [0.5, 0.6) is 0 Å². The smallest absolute Gasteiger partial charge is 0.262 e. The van der Waals surface area contributed by atoms with E-state index in [1.54, 1.807) is 24.4 Å². The number of hydrogen-bond donors (Lipinski definition) is 3. The molecular weight excluding hydrogens is 402 g/mol. The fourth-order valence-electron chi connectivity index (χ4n) is 3.44. The van der Waals surface area contributed by atoms with Crippen LogP contribution in [0.15, 0.2) is 35.8 Å². The van der Waals surface area contributed by atoms with Crippen molar-refractivity contribution < 1.29 is 14.4 Å². The molecule has 2 unspecified atom stereocenters. The fourth-order valence-corrected chi connectivity index (χ4v) is 4.07. The van der Waals surface area contributed by atoms with Crippen molar-refractivity contribution in [3.8, 4) is 0 Å². The number of hydrogen-bond acceptors (Lipinski definition) is 6. The third-order valence-corrected chi connectivity index (χ3v) is 6.01. The molecule has 4 N–H and O–H groups in total. The van der Waals surface area contributed by atoms with Crippen LogP contribution >= 0.6 is 11.3 Å². The standard InChI is InChI=1S/C21H27N5O3S/c1-13(2)18(25-20(28)16-6-4-10-30-16)21(29)24-15-7-8-17(23-11-15)26-9-3-5-14(12-26)19(22)27/h4,6-8,10-11,13-14,18H,3,5,9,12H2,1-2H3,(H2,22,27)(H,24,29)(H,25,28). The molecule has 1 aliphatic rings. The van der Waals surface area contributed by atoms with Crippen molar-refractivity contribution in [2.24, 2.45) is 17.6 Å². The minimum absolute atomic E-state index is 0.0831. The molecule has 3 rings (SSSR count). The maximum Gasteiger partial charge on any atom is 0.262 e. The van der Waals surface area contributed by atoms with E-state index in [9.17, 15) is 14.4 Å². The minimum Gasteiger partial charge on any atom is -0.369 e. The molecule has 30 heavy (non-hydrogen) atoms. The molecule has 0 bridgehead atoms. The summed E-state index contributed by atoms with van der Waals surface area (Å²) < 4.78 is 0. The Kier molecular flexibility index (Phi) is 7.04. The molecule has 3 amide bonds. The summed E-state index contributed by atoms with van der Waals surface area (Å²) in [6.45, 7) is 5.13. The summed E-state index contributed by atoms with van der Waals surface area (Å²) in [5.41, 5.74) is 5.99. The van der Waals surface area contributed by atoms with Crippen LogP contribution in [0.25, 0.3) is 0 Å². The molecule has 9 heteroatoms. The first kappa shape index (κ1) is 21.8. The number of nitrogens with one attached hydrogen (secondary N) is 2. The second-order valence-corrected chi connectivity index (χ2v) is 8.70. The highest BCUT2D eigenvalue weighted by molar-refractivity contribution is 7.12. The molecule has 0 spiro atoms. The van der Waals surface area contributed by atoms with E-state index in [1.165, 1.54) is 11.3 Å². The van der Waals surface area contributed by atoms with Gasteiger partial charge in [0.2, 0.25) is 11.8 Å². The molecule has 160 valence electrons. The Morgan fingerprint density at radius 3 is 2.67 bits per heavy atom. The van der Waals surface area contributed by atoms with Crippen LogP contribution in [0, 0.1) is 11.8 Å². The van der Waals surface area contributed by atoms with E-state index in [1.807, 2.05) is 30.2 Å². The summed E-state index contributed by atoms with van der Waals surface area (Å²) in [6, 6.07) is 6.44. The maximum absolute atomic E-state index is 12.8. The SMILES string of the molecule is CC(C)C(NC(=O)c1cccs1)C(=O)Nc1ccc(N2CCCC(C(N)=O)C2)nc1. The molecule has 0 saturated carbocycles. The van der Waals surface area contributed by atoms with E-state index in [0.717, 1.165) is 25.2 Å². The average molecular weight is 430 g/mol. The van der Waals surface area contributed by atoms with E-state index in [0.29, 0.717) is 17.1 Å². The zero-order valence-electron chi connectivity index (χ0n) is 17.1. The number of amides is 3. The van der Waals surface area contributed by atoms with Crippen molar-refractivity contribution in [2.45, 2.75) is 32.7 Å². The summed E-state index contributed by atoms with van der Waals surface area (Å²) in [6.07, 6.45) is 3.27. The largest absolute Gasteiger partial charge is 0.369 e. The van der Waals surface area contributed by atoms with Crippen molar-refractivity contribution >= 4 is 40.6 Å². The van der Waals surface area contributed by atoms with Crippen LogP contribution in [0.3, 0.4) is 0 Å². The van der Waals surface area contributed by atoms with Gasteiger partial charge in [-0.1, -0.05) is 19.9 Å². The summed E-state index contributed by atoms with van der Waals surface area (Å²) >= 11 is 1.33. The number of pyridine rings is 1. The van der Waals surface area contributed by atoms with E-state index >= 15 is 0 Å². The third-order valence-electron chi connectivity index (χ3n) is 5.14. The van der Waals surface area contributed by atoms with Gasteiger partial charge in [0, 0.05) is 13.1 Å². The first-order chi connectivity index (χ1) is 14.3. The van der Waals surface area contributed by atoms with Crippen molar-refractivity contribution in [3.05, 3.63) is 40.7 Å². The van der Waals surface area contributed by atoms with Gasteiger partial charge in [-0.05, 0) is 42.3 Å². The molecule has 1 aliphatic heterocycles. The summed E-state index contributed by atoms with van der Waals surface area (Å²) in [7, 11) is 0. The van der Waals surface area contributed by atoms with Gasteiger partial charge in [0.05, 0.1) is 22.7 Å². The Morgan fingerprint density at radius 2 is 2.07 bits per heavy atom. The van der Waals surface area contributed by atoms with E-state index in [2.05, 4.69) is 15.6 Å². The number of aromatic nitrogens is 1. The minimum atomic E-state index is -0.669. The van der Waals surface area contributed by atoms with Gasteiger partial charge in [-0.3, -0.25) is 14.4 Å². The molecule has 1 fully saturated rings. The number of nitrogens with zero attached hydrogens (tertiary/aromatic N) is 2. The van der Waals surface area contributed by atoms with Gasteiger partial charge >= 0.3 is 0 Å². The summed E-state index contributed by atoms with van der Waals surface area (Å²) in [4.78, 5) is 43.6. The molecule has 0 aliphatic carbocycles. The van der Waals surface area contributed by atoms with Gasteiger partial charge in [0.15, 0.2) is 0 Å². The molecule has 0 radical (unpaired) electrons. The van der Waals surface area contributed by atoms with Gasteiger partial charge in [-0.25, -0.2) is 4.98 Å². The summed E-state index contributed by atoms with van der Waals surface area (Å²) in [5.74, 6) is -0.352. The van der Waals surface area contributed by atoms with Crippen LogP contribution in [-0.2, 0) is 9.59 Å². The van der Waals surface area contributed by atoms with Crippen LogP contribution in [-0.4, -0.2) is 41.8 Å². The Morgan fingerprint density at radius 1 is 1.27 bits per heavy atom. The molecule has 1 saturated heterocycles. The summed E-state index contributed by atoms with van der Waals surface area (Å²) in [5, 5.41) is 7.45. The fraction of sp³-hybridized carbons (Fsp3) is 0.429. The lowest BCUT2D eigenvalue weighted by atomic mass is 9.97. The van der Waals surface area contributed by atoms with Crippen LogP contribution < -0.4 is 21.3 Å². The second kappa shape index (κ2) is 9.71. The lowest BCUT2D eigenvalue weighted by Crippen LogP contribution is -2.47. The van der Waals surface area contributed by atoms with Crippen LogP contribution in [0.2, 0.25) is 0 Å². The number of rotatable bonds is 7. The van der Waals surface area contributed by atoms with Gasteiger partial charge in [0.1, 0.15) is 11.9 Å². The number of primary amides is 1. The lowest BCUT2D eigenvalue weighted by molar-refractivity contribution is -0.122. The van der Waals surface area contributed by atoms with Crippen molar-refractivity contribution in [3.63, 3.8) is 0 Å².